The van der Waals surface area contributed by atoms with E-state index in [0.29, 0.717) is 18.1 Å². The van der Waals surface area contributed by atoms with Gasteiger partial charge in [-0.3, -0.25) is 9.48 Å². The van der Waals surface area contributed by atoms with Crippen LogP contribution in [0.5, 0.6) is 0 Å². The summed E-state index contributed by atoms with van der Waals surface area (Å²) in [5.41, 5.74) is 0.582. The minimum Gasteiger partial charge on any atom is -0.477 e. The summed E-state index contributed by atoms with van der Waals surface area (Å²) in [4.78, 5) is 24.4. The molecule has 1 heterocycles. The molecular formula is C11H18N4O3. The molecule has 1 aromatic heterocycles. The van der Waals surface area contributed by atoms with Crippen molar-refractivity contribution >= 4 is 17.7 Å². The number of carbonyl (C=O) groups excluding carboxylic acids is 1. The summed E-state index contributed by atoms with van der Waals surface area (Å²) in [6.07, 6.45) is 0. The van der Waals surface area contributed by atoms with Gasteiger partial charge in [-0.15, -0.1) is 0 Å². The van der Waals surface area contributed by atoms with E-state index in [1.165, 1.54) is 4.68 Å². The van der Waals surface area contributed by atoms with E-state index in [0.717, 1.165) is 0 Å². The van der Waals surface area contributed by atoms with Gasteiger partial charge in [0.1, 0.15) is 11.4 Å². The predicted molar refractivity (Wildman–Crippen MR) is 66.9 cm³/mol. The average molecular weight is 254 g/mol. The predicted octanol–water partition coefficient (Wildman–Crippen LogP) is -0.000980. The van der Waals surface area contributed by atoms with Gasteiger partial charge in [0.15, 0.2) is 0 Å². The second-order valence-electron chi connectivity index (χ2n) is 3.90. The van der Waals surface area contributed by atoms with Crippen LogP contribution in [-0.4, -0.2) is 46.9 Å². The molecule has 0 radical (unpaired) electrons. The number of nitrogens with zero attached hydrogens (tertiary/aromatic N) is 3. The lowest BCUT2D eigenvalue weighted by Gasteiger charge is -2.22. The molecule has 0 unspecified atom stereocenters. The second kappa shape index (κ2) is 5.52. The summed E-state index contributed by atoms with van der Waals surface area (Å²) >= 11 is 0. The number of nitrogens with one attached hydrogen (secondary N) is 1. The topological polar surface area (TPSA) is 87.5 Å². The fraction of sp³-hybridized carbons (Fsp3) is 0.545. The molecule has 1 rings (SSSR count). The van der Waals surface area contributed by atoms with Crippen LogP contribution in [0.3, 0.4) is 0 Å². The van der Waals surface area contributed by atoms with Crippen molar-refractivity contribution in [3.05, 3.63) is 11.3 Å². The van der Waals surface area contributed by atoms with E-state index in [1.54, 1.807) is 25.9 Å². The van der Waals surface area contributed by atoms with Crippen LogP contribution in [-0.2, 0) is 11.8 Å². The molecule has 0 aliphatic heterocycles. The first-order valence-electron chi connectivity index (χ1n) is 5.64. The van der Waals surface area contributed by atoms with Gasteiger partial charge >= 0.3 is 5.97 Å². The van der Waals surface area contributed by atoms with E-state index >= 15 is 0 Å². The fourth-order valence-electron chi connectivity index (χ4n) is 1.85. The zero-order chi connectivity index (χ0) is 13.9. The highest BCUT2D eigenvalue weighted by atomic mass is 16.4. The largest absolute Gasteiger partial charge is 0.477 e. The van der Waals surface area contributed by atoms with Gasteiger partial charge in [-0.25, -0.2) is 4.79 Å². The first-order valence-corrected chi connectivity index (χ1v) is 5.64. The van der Waals surface area contributed by atoms with Crippen molar-refractivity contribution in [3.8, 4) is 0 Å². The molecule has 2 N–H and O–H groups in total. The number of amides is 1. The molecule has 0 fully saturated rings. The van der Waals surface area contributed by atoms with E-state index in [1.807, 2.05) is 6.92 Å². The minimum atomic E-state index is -1.04. The number of carboxylic acid groups (broad SMARTS) is 1. The SMILES string of the molecule is CCN(CC(=O)NC)c1c(C(=O)O)c(C)nn1C. The Morgan fingerprint density at radius 1 is 1.50 bits per heavy atom. The zero-order valence-electron chi connectivity index (χ0n) is 11.0. The van der Waals surface area contributed by atoms with Crippen LogP contribution in [0.15, 0.2) is 0 Å². The molecule has 0 aliphatic rings. The molecule has 1 aromatic rings. The van der Waals surface area contributed by atoms with E-state index in [4.69, 9.17) is 0 Å². The highest BCUT2D eigenvalue weighted by molar-refractivity contribution is 5.95. The van der Waals surface area contributed by atoms with Gasteiger partial charge < -0.3 is 15.3 Å². The average Bonchev–Trinajstić information content (AvgIpc) is 2.60. The number of aromatic carboxylic acids is 1. The molecule has 0 atom stereocenters. The first kappa shape index (κ1) is 14.0. The third-order valence-electron chi connectivity index (χ3n) is 2.70. The third-order valence-corrected chi connectivity index (χ3v) is 2.70. The number of hydrogen-bond donors (Lipinski definition) is 2. The Kier molecular flexibility index (Phi) is 4.30. The molecule has 0 spiro atoms. The van der Waals surface area contributed by atoms with Crippen molar-refractivity contribution in [2.24, 2.45) is 7.05 Å². The molecule has 0 bridgehead atoms. The van der Waals surface area contributed by atoms with Crippen LogP contribution in [0, 0.1) is 6.92 Å². The minimum absolute atomic E-state index is 0.103. The smallest absolute Gasteiger partial charge is 0.341 e. The Bertz CT molecular complexity index is 467. The molecule has 1 amide bonds. The molecule has 0 aliphatic carbocycles. The molecule has 0 saturated heterocycles. The van der Waals surface area contributed by atoms with Gasteiger partial charge in [0, 0.05) is 20.6 Å². The van der Waals surface area contributed by atoms with E-state index in [-0.39, 0.29) is 18.0 Å². The van der Waals surface area contributed by atoms with Crippen molar-refractivity contribution < 1.29 is 14.7 Å². The van der Waals surface area contributed by atoms with Crippen LogP contribution >= 0.6 is 0 Å². The Hall–Kier alpha value is -2.05. The lowest BCUT2D eigenvalue weighted by atomic mass is 10.2. The van der Waals surface area contributed by atoms with Gasteiger partial charge in [0.25, 0.3) is 0 Å². The van der Waals surface area contributed by atoms with Crippen LogP contribution in [0.2, 0.25) is 0 Å². The monoisotopic (exact) mass is 254 g/mol. The number of carboxylic acids is 1. The molecule has 7 heteroatoms. The van der Waals surface area contributed by atoms with Gasteiger partial charge in [-0.1, -0.05) is 0 Å². The standard InChI is InChI=1S/C11H18N4O3/c1-5-15(6-8(16)12-3)10-9(11(17)18)7(2)13-14(10)4/h5-6H2,1-4H3,(H,12,16)(H,17,18). The van der Waals surface area contributed by atoms with Gasteiger partial charge in [0.05, 0.1) is 12.2 Å². The Morgan fingerprint density at radius 3 is 2.56 bits per heavy atom. The molecule has 0 saturated carbocycles. The van der Waals surface area contributed by atoms with E-state index < -0.39 is 5.97 Å². The van der Waals surface area contributed by atoms with Crippen molar-refractivity contribution in [1.29, 1.82) is 0 Å². The molecule has 0 aromatic carbocycles. The summed E-state index contributed by atoms with van der Waals surface area (Å²) in [5.74, 6) is -0.760. The normalized spacial score (nSPS) is 10.2. The lowest BCUT2D eigenvalue weighted by molar-refractivity contribution is -0.119. The molecule has 100 valence electrons. The number of likely N-dealkylation sites (N-methyl/N-ethyl adjacent to an activating group) is 2. The summed E-state index contributed by atoms with van der Waals surface area (Å²) in [7, 11) is 3.21. The highest BCUT2D eigenvalue weighted by Crippen LogP contribution is 2.22. The fourth-order valence-corrected chi connectivity index (χ4v) is 1.85. The van der Waals surface area contributed by atoms with Crippen LogP contribution in [0.4, 0.5) is 5.82 Å². The molecular weight excluding hydrogens is 236 g/mol. The lowest BCUT2D eigenvalue weighted by Crippen LogP contribution is -2.37. The Morgan fingerprint density at radius 2 is 2.11 bits per heavy atom. The van der Waals surface area contributed by atoms with Gasteiger partial charge in [0.2, 0.25) is 5.91 Å². The Balaban J connectivity index is 3.20. The number of hydrogen-bond acceptors (Lipinski definition) is 4. The number of aryl methyl sites for hydroxylation is 2. The molecule has 18 heavy (non-hydrogen) atoms. The van der Waals surface area contributed by atoms with Crippen LogP contribution in [0.25, 0.3) is 0 Å². The van der Waals surface area contributed by atoms with Crippen molar-refractivity contribution in [2.45, 2.75) is 13.8 Å². The highest BCUT2D eigenvalue weighted by Gasteiger charge is 2.24. The van der Waals surface area contributed by atoms with E-state index in [2.05, 4.69) is 10.4 Å². The number of rotatable bonds is 5. The van der Waals surface area contributed by atoms with Crippen LogP contribution < -0.4 is 10.2 Å². The van der Waals surface area contributed by atoms with Gasteiger partial charge in [-0.2, -0.15) is 5.10 Å². The maximum atomic E-state index is 11.4. The maximum Gasteiger partial charge on any atom is 0.341 e. The molecule has 7 nitrogen and oxygen atoms in total. The van der Waals surface area contributed by atoms with Crippen molar-refractivity contribution in [2.75, 3.05) is 25.0 Å². The maximum absolute atomic E-state index is 11.4. The van der Waals surface area contributed by atoms with Crippen LogP contribution in [0.1, 0.15) is 23.0 Å². The first-order chi connectivity index (χ1) is 8.42. The van der Waals surface area contributed by atoms with Crippen molar-refractivity contribution in [1.82, 2.24) is 15.1 Å². The van der Waals surface area contributed by atoms with Gasteiger partial charge in [-0.05, 0) is 13.8 Å². The van der Waals surface area contributed by atoms with Crippen molar-refractivity contribution in [3.63, 3.8) is 0 Å². The van der Waals surface area contributed by atoms with E-state index in [9.17, 15) is 14.7 Å². The Labute approximate surface area is 105 Å². The zero-order valence-corrected chi connectivity index (χ0v) is 11.0. The number of carbonyl (C=O) groups is 2. The summed E-state index contributed by atoms with van der Waals surface area (Å²) in [6, 6.07) is 0. The second-order valence-corrected chi connectivity index (χ2v) is 3.90. The third kappa shape index (κ3) is 2.61. The number of anilines is 1. The summed E-state index contributed by atoms with van der Waals surface area (Å²) < 4.78 is 1.49. The summed E-state index contributed by atoms with van der Waals surface area (Å²) in [5, 5.41) is 15.8. The number of aromatic nitrogens is 2. The quantitative estimate of drug-likeness (QED) is 0.772. The summed E-state index contributed by atoms with van der Waals surface area (Å²) in [6.45, 7) is 4.12.